The molecule has 0 aliphatic rings. The van der Waals surface area contributed by atoms with Gasteiger partial charge in [0, 0.05) is 0 Å². The minimum Gasteiger partial charge on any atom is -0.497 e. The van der Waals surface area contributed by atoms with Crippen LogP contribution in [-0.4, -0.2) is 23.7 Å². The monoisotopic (exact) mass is 275 g/mol. The van der Waals surface area contributed by atoms with E-state index in [-0.39, 0.29) is 11.6 Å². The summed E-state index contributed by atoms with van der Waals surface area (Å²) >= 11 is 0. The van der Waals surface area contributed by atoms with E-state index in [9.17, 15) is 0 Å². The van der Waals surface area contributed by atoms with Crippen LogP contribution in [0.2, 0.25) is 0 Å². The highest BCUT2D eigenvalue weighted by Crippen LogP contribution is 2.31. The van der Waals surface area contributed by atoms with Gasteiger partial charge in [0.1, 0.15) is 17.8 Å². The summed E-state index contributed by atoms with van der Waals surface area (Å²) in [6.07, 6.45) is 2.23. The fourth-order valence-corrected chi connectivity index (χ4v) is 1.51. The third kappa shape index (κ3) is 3.28. The zero-order valence-electron chi connectivity index (χ0n) is 11.5. The van der Waals surface area contributed by atoms with Gasteiger partial charge in [0.25, 0.3) is 0 Å². The maximum absolute atomic E-state index is 5.93. The van der Waals surface area contributed by atoms with E-state index in [1.807, 2.05) is 6.92 Å². The molecule has 2 aromatic rings. The SMILES string of the molecule is CCCOc1ncnc(Oc2ccc(OC)cc2)c1N. The zero-order chi connectivity index (χ0) is 14.4. The first-order valence-electron chi connectivity index (χ1n) is 6.29. The third-order valence-corrected chi connectivity index (χ3v) is 2.53. The second-order valence-corrected chi connectivity index (χ2v) is 4.02. The molecule has 0 aliphatic heterocycles. The molecule has 0 fully saturated rings. The Morgan fingerprint density at radius 2 is 1.70 bits per heavy atom. The van der Waals surface area contributed by atoms with Crippen LogP contribution in [0, 0.1) is 0 Å². The Kier molecular flexibility index (Phi) is 4.60. The highest BCUT2D eigenvalue weighted by molar-refractivity contribution is 5.56. The van der Waals surface area contributed by atoms with Gasteiger partial charge in [-0.25, -0.2) is 0 Å². The van der Waals surface area contributed by atoms with Crippen LogP contribution in [0.5, 0.6) is 23.3 Å². The average Bonchev–Trinajstić information content (AvgIpc) is 2.49. The molecule has 20 heavy (non-hydrogen) atoms. The molecule has 0 atom stereocenters. The van der Waals surface area contributed by atoms with Crippen LogP contribution in [0.3, 0.4) is 0 Å². The van der Waals surface area contributed by atoms with E-state index in [1.165, 1.54) is 6.33 Å². The van der Waals surface area contributed by atoms with Crippen molar-refractivity contribution in [1.29, 1.82) is 0 Å². The van der Waals surface area contributed by atoms with Crippen LogP contribution < -0.4 is 19.9 Å². The lowest BCUT2D eigenvalue weighted by Gasteiger charge is -2.10. The van der Waals surface area contributed by atoms with Crippen LogP contribution in [0.1, 0.15) is 13.3 Å². The van der Waals surface area contributed by atoms with Crippen molar-refractivity contribution in [2.24, 2.45) is 0 Å². The summed E-state index contributed by atoms with van der Waals surface area (Å²) in [5.41, 5.74) is 6.22. The number of ether oxygens (including phenoxy) is 3. The van der Waals surface area contributed by atoms with Crippen molar-refractivity contribution in [2.75, 3.05) is 19.5 Å². The lowest BCUT2D eigenvalue weighted by atomic mass is 10.3. The van der Waals surface area contributed by atoms with Crippen molar-refractivity contribution in [2.45, 2.75) is 13.3 Å². The van der Waals surface area contributed by atoms with E-state index >= 15 is 0 Å². The summed E-state index contributed by atoms with van der Waals surface area (Å²) < 4.78 is 16.1. The van der Waals surface area contributed by atoms with E-state index in [4.69, 9.17) is 19.9 Å². The van der Waals surface area contributed by atoms with Gasteiger partial charge in [0.15, 0.2) is 5.69 Å². The van der Waals surface area contributed by atoms with Gasteiger partial charge < -0.3 is 19.9 Å². The van der Waals surface area contributed by atoms with Gasteiger partial charge in [0.05, 0.1) is 13.7 Å². The Bertz CT molecular complexity index is 558. The van der Waals surface area contributed by atoms with Gasteiger partial charge in [-0.1, -0.05) is 6.92 Å². The van der Waals surface area contributed by atoms with E-state index in [0.717, 1.165) is 12.2 Å². The molecule has 0 bridgehead atoms. The van der Waals surface area contributed by atoms with Crippen LogP contribution in [0.15, 0.2) is 30.6 Å². The second-order valence-electron chi connectivity index (χ2n) is 4.02. The number of methoxy groups -OCH3 is 1. The minimum atomic E-state index is 0.274. The molecule has 6 nitrogen and oxygen atoms in total. The molecule has 6 heteroatoms. The maximum atomic E-state index is 5.93. The number of aromatic nitrogens is 2. The topological polar surface area (TPSA) is 79.5 Å². The highest BCUT2D eigenvalue weighted by Gasteiger charge is 2.11. The number of benzene rings is 1. The predicted octanol–water partition coefficient (Wildman–Crippen LogP) is 2.65. The van der Waals surface area contributed by atoms with Gasteiger partial charge in [-0.15, -0.1) is 0 Å². The average molecular weight is 275 g/mol. The fraction of sp³-hybridized carbons (Fsp3) is 0.286. The van der Waals surface area contributed by atoms with Crippen LogP contribution >= 0.6 is 0 Å². The molecule has 0 radical (unpaired) electrons. The zero-order valence-corrected chi connectivity index (χ0v) is 11.5. The van der Waals surface area contributed by atoms with E-state index in [2.05, 4.69) is 9.97 Å². The van der Waals surface area contributed by atoms with Gasteiger partial charge in [-0.2, -0.15) is 9.97 Å². The van der Waals surface area contributed by atoms with Gasteiger partial charge in [0.2, 0.25) is 11.8 Å². The third-order valence-electron chi connectivity index (χ3n) is 2.53. The number of rotatable bonds is 6. The number of hydrogen-bond donors (Lipinski definition) is 1. The molecule has 1 heterocycles. The van der Waals surface area contributed by atoms with Crippen molar-refractivity contribution >= 4 is 5.69 Å². The summed E-state index contributed by atoms with van der Waals surface area (Å²) in [5, 5.41) is 0. The molecule has 1 aromatic carbocycles. The number of nitrogens with zero attached hydrogens (tertiary/aromatic N) is 2. The van der Waals surface area contributed by atoms with Crippen molar-refractivity contribution in [3.05, 3.63) is 30.6 Å². The number of hydrogen-bond acceptors (Lipinski definition) is 6. The van der Waals surface area contributed by atoms with Gasteiger partial charge >= 0.3 is 0 Å². The molecule has 0 spiro atoms. The minimum absolute atomic E-state index is 0.274. The van der Waals surface area contributed by atoms with Crippen LogP contribution in [0.4, 0.5) is 5.69 Å². The molecule has 2 N–H and O–H groups in total. The van der Waals surface area contributed by atoms with E-state index in [1.54, 1.807) is 31.4 Å². The summed E-state index contributed by atoms with van der Waals surface area (Å²) in [7, 11) is 1.61. The molecule has 0 saturated heterocycles. The first-order valence-corrected chi connectivity index (χ1v) is 6.29. The normalized spacial score (nSPS) is 10.1. The van der Waals surface area contributed by atoms with Crippen LogP contribution in [-0.2, 0) is 0 Å². The molecule has 1 aromatic heterocycles. The molecule has 0 aliphatic carbocycles. The fourth-order valence-electron chi connectivity index (χ4n) is 1.51. The first kappa shape index (κ1) is 13.9. The molecule has 0 amide bonds. The number of nitrogen functional groups attached to an aromatic ring is 1. The lowest BCUT2D eigenvalue weighted by molar-refractivity contribution is 0.304. The molecule has 0 saturated carbocycles. The van der Waals surface area contributed by atoms with E-state index < -0.39 is 0 Å². The molecular weight excluding hydrogens is 258 g/mol. The summed E-state index contributed by atoms with van der Waals surface area (Å²) in [4.78, 5) is 8.00. The molecular formula is C14H17N3O3. The summed E-state index contributed by atoms with van der Waals surface area (Å²) in [6.45, 7) is 2.55. The summed E-state index contributed by atoms with van der Waals surface area (Å²) in [5.74, 6) is 1.97. The summed E-state index contributed by atoms with van der Waals surface area (Å²) in [6, 6.07) is 7.13. The van der Waals surface area contributed by atoms with Crippen molar-refractivity contribution in [1.82, 2.24) is 9.97 Å². The quantitative estimate of drug-likeness (QED) is 0.873. The standard InChI is InChI=1S/C14H17N3O3/c1-3-8-19-13-12(15)14(17-9-16-13)20-11-6-4-10(18-2)5-7-11/h4-7,9H,3,8,15H2,1-2H3. The predicted molar refractivity (Wildman–Crippen MR) is 75.3 cm³/mol. The van der Waals surface area contributed by atoms with E-state index in [0.29, 0.717) is 18.2 Å². The number of anilines is 1. The molecule has 0 unspecified atom stereocenters. The van der Waals surface area contributed by atoms with Crippen molar-refractivity contribution in [3.63, 3.8) is 0 Å². The van der Waals surface area contributed by atoms with Crippen molar-refractivity contribution in [3.8, 4) is 23.3 Å². The Balaban J connectivity index is 2.15. The number of nitrogens with two attached hydrogens (primary N) is 1. The lowest BCUT2D eigenvalue weighted by Crippen LogP contribution is -2.04. The Labute approximate surface area is 117 Å². The van der Waals surface area contributed by atoms with Crippen LogP contribution in [0.25, 0.3) is 0 Å². The largest absolute Gasteiger partial charge is 0.497 e. The van der Waals surface area contributed by atoms with Crippen molar-refractivity contribution < 1.29 is 14.2 Å². The molecule has 106 valence electrons. The Morgan fingerprint density at radius 3 is 2.35 bits per heavy atom. The molecule has 2 rings (SSSR count). The highest BCUT2D eigenvalue weighted by atomic mass is 16.5. The Morgan fingerprint density at radius 1 is 1.05 bits per heavy atom. The second kappa shape index (κ2) is 6.60. The Hall–Kier alpha value is -2.50. The van der Waals surface area contributed by atoms with Gasteiger partial charge in [-0.05, 0) is 30.7 Å². The first-order chi connectivity index (χ1) is 9.74. The maximum Gasteiger partial charge on any atom is 0.249 e. The van der Waals surface area contributed by atoms with Gasteiger partial charge in [-0.3, -0.25) is 0 Å². The smallest absolute Gasteiger partial charge is 0.249 e.